The van der Waals surface area contributed by atoms with Gasteiger partial charge in [0.25, 0.3) is 0 Å². The zero-order valence-electron chi connectivity index (χ0n) is 11.6. The highest BCUT2D eigenvalue weighted by atomic mass is 16.5. The lowest BCUT2D eigenvalue weighted by atomic mass is 9.84. The molecule has 0 amide bonds. The predicted octanol–water partition coefficient (Wildman–Crippen LogP) is 1.59. The first-order valence-electron chi connectivity index (χ1n) is 6.02. The van der Waals surface area contributed by atoms with Gasteiger partial charge in [0.05, 0.1) is 19.1 Å². The Hall–Kier alpha value is -0.610. The second-order valence-electron chi connectivity index (χ2n) is 6.36. The molecule has 0 fully saturated rings. The van der Waals surface area contributed by atoms with Crippen LogP contribution in [0.1, 0.15) is 41.0 Å². The summed E-state index contributed by atoms with van der Waals surface area (Å²) in [6.45, 7) is 9.54. The molecule has 0 saturated heterocycles. The Morgan fingerprint density at radius 1 is 1.12 bits per heavy atom. The van der Waals surface area contributed by atoms with E-state index in [1.54, 1.807) is 6.92 Å². The van der Waals surface area contributed by atoms with E-state index in [2.05, 4.69) is 0 Å². The second-order valence-corrected chi connectivity index (χ2v) is 6.36. The van der Waals surface area contributed by atoms with Crippen LogP contribution in [0.25, 0.3) is 0 Å². The summed E-state index contributed by atoms with van der Waals surface area (Å²) in [5.41, 5.74) is -0.674. The first-order chi connectivity index (χ1) is 7.63. The monoisotopic (exact) mass is 246 g/mol. The summed E-state index contributed by atoms with van der Waals surface area (Å²) in [5, 5.41) is 18.2. The topological polar surface area (TPSA) is 66.8 Å². The van der Waals surface area contributed by atoms with Crippen LogP contribution < -0.4 is 0 Å². The van der Waals surface area contributed by atoms with Gasteiger partial charge in [-0.1, -0.05) is 34.6 Å². The van der Waals surface area contributed by atoms with E-state index in [0.29, 0.717) is 6.42 Å². The van der Waals surface area contributed by atoms with Crippen molar-refractivity contribution in [2.45, 2.75) is 41.0 Å². The van der Waals surface area contributed by atoms with E-state index in [4.69, 9.17) is 14.9 Å². The smallest absolute Gasteiger partial charge is 0.308 e. The van der Waals surface area contributed by atoms with Crippen molar-refractivity contribution in [1.82, 2.24) is 0 Å². The van der Waals surface area contributed by atoms with Gasteiger partial charge in [-0.3, -0.25) is 4.79 Å². The van der Waals surface area contributed by atoms with Gasteiger partial charge in [-0.15, -0.1) is 0 Å². The Bertz CT molecular complexity index is 246. The Labute approximate surface area is 104 Å². The number of carbonyl (C=O) groups excluding carboxylic acids is 1. The maximum atomic E-state index is 11.7. The summed E-state index contributed by atoms with van der Waals surface area (Å²) < 4.78 is 5.17. The van der Waals surface area contributed by atoms with Crippen molar-refractivity contribution in [1.29, 1.82) is 0 Å². The van der Waals surface area contributed by atoms with E-state index in [0.717, 1.165) is 0 Å². The minimum absolute atomic E-state index is 0.0171. The van der Waals surface area contributed by atoms with Crippen LogP contribution >= 0.6 is 0 Å². The van der Waals surface area contributed by atoms with Gasteiger partial charge in [0.2, 0.25) is 0 Å². The van der Waals surface area contributed by atoms with Gasteiger partial charge in [0.1, 0.15) is 0 Å². The highest BCUT2D eigenvalue weighted by Gasteiger charge is 2.27. The quantitative estimate of drug-likeness (QED) is 0.669. The largest absolute Gasteiger partial charge is 0.465 e. The number of carbonyl (C=O) groups is 1. The third-order valence-electron chi connectivity index (χ3n) is 2.72. The molecule has 0 aromatic carbocycles. The molecule has 0 heterocycles. The molecule has 0 saturated carbocycles. The average Bonchev–Trinajstić information content (AvgIpc) is 2.25. The first kappa shape index (κ1) is 16.4. The summed E-state index contributed by atoms with van der Waals surface area (Å²) in [6, 6.07) is 0. The standard InChI is InChI=1S/C13H26O4/c1-10(6-12(2,3)7-14)11(16)17-9-13(4,5)8-15/h10,14-15H,6-9H2,1-5H3. The molecule has 102 valence electrons. The lowest BCUT2D eigenvalue weighted by Crippen LogP contribution is -2.30. The molecule has 1 atom stereocenters. The molecule has 4 nitrogen and oxygen atoms in total. The van der Waals surface area contributed by atoms with Crippen LogP contribution in [0.4, 0.5) is 0 Å². The van der Waals surface area contributed by atoms with E-state index in [-0.39, 0.29) is 37.1 Å². The molecule has 4 heteroatoms. The van der Waals surface area contributed by atoms with Crippen molar-refractivity contribution in [3.8, 4) is 0 Å². The second kappa shape index (κ2) is 6.36. The zero-order valence-corrected chi connectivity index (χ0v) is 11.6. The van der Waals surface area contributed by atoms with Crippen LogP contribution in [0.15, 0.2) is 0 Å². The normalized spacial score (nSPS) is 14.5. The number of ether oxygens (including phenoxy) is 1. The highest BCUT2D eigenvalue weighted by Crippen LogP contribution is 2.25. The number of rotatable bonds is 7. The molecule has 1 unspecified atom stereocenters. The molecule has 0 aromatic heterocycles. The highest BCUT2D eigenvalue weighted by molar-refractivity contribution is 5.72. The van der Waals surface area contributed by atoms with Gasteiger partial charge in [-0.2, -0.15) is 0 Å². The summed E-state index contributed by atoms with van der Waals surface area (Å²) in [7, 11) is 0. The van der Waals surface area contributed by atoms with Crippen LogP contribution in [-0.2, 0) is 9.53 Å². The van der Waals surface area contributed by atoms with Crippen LogP contribution in [0.5, 0.6) is 0 Å². The summed E-state index contributed by atoms with van der Waals surface area (Å²) in [4.78, 5) is 11.7. The Balaban J connectivity index is 4.16. The molecule has 0 bridgehead atoms. The number of aliphatic hydroxyl groups is 2. The number of esters is 1. The minimum Gasteiger partial charge on any atom is -0.465 e. The fourth-order valence-electron chi connectivity index (χ4n) is 1.43. The molecule has 0 radical (unpaired) electrons. The van der Waals surface area contributed by atoms with E-state index >= 15 is 0 Å². The lowest BCUT2D eigenvalue weighted by Gasteiger charge is -2.26. The molecule has 0 spiro atoms. The maximum absolute atomic E-state index is 11.7. The Kier molecular flexibility index (Phi) is 6.13. The van der Waals surface area contributed by atoms with Gasteiger partial charge in [-0.25, -0.2) is 0 Å². The fourth-order valence-corrected chi connectivity index (χ4v) is 1.43. The third kappa shape index (κ3) is 6.64. The summed E-state index contributed by atoms with van der Waals surface area (Å²) >= 11 is 0. The van der Waals surface area contributed by atoms with Crippen molar-refractivity contribution in [3.63, 3.8) is 0 Å². The molecule has 0 aliphatic rings. The van der Waals surface area contributed by atoms with Crippen LogP contribution in [-0.4, -0.2) is 36.0 Å². The SMILES string of the molecule is CC(CC(C)(C)CO)C(=O)OCC(C)(C)CO. The molecular weight excluding hydrogens is 220 g/mol. The van der Waals surface area contributed by atoms with Crippen molar-refractivity contribution in [2.75, 3.05) is 19.8 Å². The molecule has 0 aliphatic carbocycles. The predicted molar refractivity (Wildman–Crippen MR) is 66.5 cm³/mol. The minimum atomic E-state index is -0.401. The van der Waals surface area contributed by atoms with Crippen LogP contribution in [0.3, 0.4) is 0 Å². The molecule has 0 rings (SSSR count). The lowest BCUT2D eigenvalue weighted by molar-refractivity contribution is -0.153. The van der Waals surface area contributed by atoms with Crippen LogP contribution in [0.2, 0.25) is 0 Å². The first-order valence-corrected chi connectivity index (χ1v) is 6.02. The summed E-state index contributed by atoms with van der Waals surface area (Å²) in [6.07, 6.45) is 0.585. The fraction of sp³-hybridized carbons (Fsp3) is 0.923. The van der Waals surface area contributed by atoms with Crippen molar-refractivity contribution in [2.24, 2.45) is 16.7 Å². The Morgan fingerprint density at radius 2 is 1.59 bits per heavy atom. The number of hydrogen-bond donors (Lipinski definition) is 2. The van der Waals surface area contributed by atoms with Crippen molar-refractivity contribution < 1.29 is 19.7 Å². The van der Waals surface area contributed by atoms with Gasteiger partial charge in [-0.05, 0) is 11.8 Å². The van der Waals surface area contributed by atoms with Gasteiger partial charge in [0.15, 0.2) is 0 Å². The summed E-state index contributed by atoms with van der Waals surface area (Å²) in [5.74, 6) is -0.514. The van der Waals surface area contributed by atoms with Crippen LogP contribution in [0, 0.1) is 16.7 Å². The van der Waals surface area contributed by atoms with Gasteiger partial charge in [0, 0.05) is 12.0 Å². The number of hydrogen-bond acceptors (Lipinski definition) is 4. The average molecular weight is 246 g/mol. The maximum Gasteiger partial charge on any atom is 0.308 e. The molecule has 2 N–H and O–H groups in total. The molecular formula is C13H26O4. The molecule has 17 heavy (non-hydrogen) atoms. The van der Waals surface area contributed by atoms with Crippen molar-refractivity contribution in [3.05, 3.63) is 0 Å². The van der Waals surface area contributed by atoms with E-state index in [1.807, 2.05) is 27.7 Å². The Morgan fingerprint density at radius 3 is 2.00 bits per heavy atom. The van der Waals surface area contributed by atoms with Gasteiger partial charge < -0.3 is 14.9 Å². The molecule has 0 aromatic rings. The number of aliphatic hydroxyl groups excluding tert-OH is 2. The van der Waals surface area contributed by atoms with Crippen molar-refractivity contribution >= 4 is 5.97 Å². The van der Waals surface area contributed by atoms with E-state index in [1.165, 1.54) is 0 Å². The zero-order chi connectivity index (χ0) is 13.7. The molecule has 0 aliphatic heterocycles. The third-order valence-corrected chi connectivity index (χ3v) is 2.72. The van der Waals surface area contributed by atoms with Gasteiger partial charge >= 0.3 is 5.97 Å². The van der Waals surface area contributed by atoms with E-state index < -0.39 is 5.41 Å². The van der Waals surface area contributed by atoms with E-state index in [9.17, 15) is 4.79 Å².